The van der Waals surface area contributed by atoms with Gasteiger partial charge in [0.15, 0.2) is 0 Å². The number of rotatable bonds is 7. The third-order valence-corrected chi connectivity index (χ3v) is 4.87. The van der Waals surface area contributed by atoms with Crippen LogP contribution in [0.1, 0.15) is 30.9 Å². The number of para-hydroxylation sites is 1. The fraction of sp³-hybridized carbons (Fsp3) is 0.304. The molecule has 1 aliphatic rings. The minimum absolute atomic E-state index is 0.197. The smallest absolute Gasteiger partial charge is 0.244 e. The second kappa shape index (κ2) is 9.74. The molecule has 1 atom stereocenters. The van der Waals surface area contributed by atoms with Crippen LogP contribution in [0.25, 0.3) is 6.08 Å². The number of hydrogen-bond acceptors (Lipinski definition) is 3. The van der Waals surface area contributed by atoms with Crippen LogP contribution >= 0.6 is 0 Å². The predicted octanol–water partition coefficient (Wildman–Crippen LogP) is 3.12. The van der Waals surface area contributed by atoms with Crippen molar-refractivity contribution in [2.75, 3.05) is 18.0 Å². The van der Waals surface area contributed by atoms with Gasteiger partial charge in [-0.05, 0) is 43.0 Å². The zero-order valence-electron chi connectivity index (χ0n) is 16.2. The highest BCUT2D eigenvalue weighted by Crippen LogP contribution is 2.24. The van der Waals surface area contributed by atoms with Crippen LogP contribution in [0, 0.1) is 0 Å². The molecule has 3 rings (SSSR count). The summed E-state index contributed by atoms with van der Waals surface area (Å²) in [5.41, 5.74) is 3.22. The van der Waals surface area contributed by atoms with E-state index in [9.17, 15) is 9.59 Å². The van der Waals surface area contributed by atoms with Crippen LogP contribution in [-0.2, 0) is 16.1 Å². The van der Waals surface area contributed by atoms with E-state index < -0.39 is 6.04 Å². The van der Waals surface area contributed by atoms with Crippen LogP contribution in [0.4, 0.5) is 5.69 Å². The van der Waals surface area contributed by atoms with E-state index in [4.69, 9.17) is 0 Å². The second-order valence-electron chi connectivity index (χ2n) is 7.01. The van der Waals surface area contributed by atoms with Gasteiger partial charge >= 0.3 is 0 Å². The minimum atomic E-state index is -0.605. The zero-order valence-corrected chi connectivity index (χ0v) is 16.2. The number of carbonyl (C=O) groups excluding carboxylic acids is 2. The van der Waals surface area contributed by atoms with Crippen LogP contribution < -0.4 is 15.5 Å². The highest BCUT2D eigenvalue weighted by atomic mass is 16.2. The zero-order chi connectivity index (χ0) is 19.8. The van der Waals surface area contributed by atoms with Crippen molar-refractivity contribution in [2.24, 2.45) is 0 Å². The van der Waals surface area contributed by atoms with Gasteiger partial charge in [0.1, 0.15) is 6.04 Å². The lowest BCUT2D eigenvalue weighted by molar-refractivity contribution is -0.126. The Hall–Kier alpha value is -3.08. The molecule has 0 radical (unpaired) electrons. The van der Waals surface area contributed by atoms with Crippen molar-refractivity contribution >= 4 is 23.6 Å². The monoisotopic (exact) mass is 377 g/mol. The highest BCUT2D eigenvalue weighted by Gasteiger charge is 2.17. The maximum absolute atomic E-state index is 12.4. The molecule has 28 heavy (non-hydrogen) atoms. The Morgan fingerprint density at radius 2 is 1.71 bits per heavy atom. The molecule has 5 nitrogen and oxygen atoms in total. The van der Waals surface area contributed by atoms with E-state index in [1.807, 2.05) is 48.5 Å². The Balaban J connectivity index is 1.51. The molecule has 0 bridgehead atoms. The normalized spacial score (nSPS) is 14.8. The van der Waals surface area contributed by atoms with Gasteiger partial charge in [0, 0.05) is 31.4 Å². The first kappa shape index (κ1) is 19.7. The van der Waals surface area contributed by atoms with Gasteiger partial charge in [-0.25, -0.2) is 0 Å². The molecule has 1 unspecified atom stereocenters. The van der Waals surface area contributed by atoms with Crippen LogP contribution in [-0.4, -0.2) is 30.9 Å². The lowest BCUT2D eigenvalue weighted by Crippen LogP contribution is -2.44. The summed E-state index contributed by atoms with van der Waals surface area (Å²) in [6, 6.07) is 17.1. The predicted molar refractivity (Wildman–Crippen MR) is 113 cm³/mol. The molecule has 5 heteroatoms. The number of carbonyl (C=O) groups is 2. The van der Waals surface area contributed by atoms with Crippen molar-refractivity contribution in [3.8, 4) is 0 Å². The van der Waals surface area contributed by atoms with Crippen molar-refractivity contribution < 1.29 is 9.59 Å². The Morgan fingerprint density at radius 3 is 2.46 bits per heavy atom. The van der Waals surface area contributed by atoms with E-state index in [2.05, 4.69) is 21.6 Å². The summed E-state index contributed by atoms with van der Waals surface area (Å²) >= 11 is 0. The van der Waals surface area contributed by atoms with E-state index in [1.54, 1.807) is 13.0 Å². The summed E-state index contributed by atoms with van der Waals surface area (Å²) < 4.78 is 0. The molecule has 2 N–H and O–H groups in total. The summed E-state index contributed by atoms with van der Waals surface area (Å²) in [5, 5.41) is 5.65. The molecular formula is C23H27N3O2. The number of anilines is 1. The molecule has 1 heterocycles. The van der Waals surface area contributed by atoms with Crippen molar-refractivity contribution in [3.05, 3.63) is 71.8 Å². The largest absolute Gasteiger partial charge is 0.371 e. The number of hydrogen-bond donors (Lipinski definition) is 2. The second-order valence-corrected chi connectivity index (χ2v) is 7.01. The van der Waals surface area contributed by atoms with Crippen molar-refractivity contribution in [1.82, 2.24) is 10.6 Å². The average Bonchev–Trinajstić information content (AvgIpc) is 3.26. The molecule has 2 aromatic rings. The molecule has 1 aliphatic heterocycles. The van der Waals surface area contributed by atoms with Crippen molar-refractivity contribution in [2.45, 2.75) is 32.4 Å². The maximum Gasteiger partial charge on any atom is 0.244 e. The van der Waals surface area contributed by atoms with Gasteiger partial charge in [-0.3, -0.25) is 9.59 Å². The first-order valence-electron chi connectivity index (χ1n) is 9.77. The van der Waals surface area contributed by atoms with Crippen LogP contribution in [0.2, 0.25) is 0 Å². The molecule has 2 amide bonds. The van der Waals surface area contributed by atoms with Gasteiger partial charge in [-0.1, -0.05) is 48.5 Å². The number of amides is 2. The van der Waals surface area contributed by atoms with Gasteiger partial charge in [-0.15, -0.1) is 0 Å². The number of benzene rings is 2. The van der Waals surface area contributed by atoms with Gasteiger partial charge in [0.05, 0.1) is 0 Å². The van der Waals surface area contributed by atoms with E-state index >= 15 is 0 Å². The summed E-state index contributed by atoms with van der Waals surface area (Å²) in [4.78, 5) is 26.8. The Bertz CT molecular complexity index is 827. The molecule has 0 spiro atoms. The number of nitrogens with one attached hydrogen (secondary N) is 2. The molecule has 1 fully saturated rings. The lowest BCUT2D eigenvalue weighted by Gasteiger charge is -2.22. The fourth-order valence-corrected chi connectivity index (χ4v) is 3.33. The van der Waals surface area contributed by atoms with Gasteiger partial charge in [0.2, 0.25) is 11.8 Å². The van der Waals surface area contributed by atoms with E-state index in [1.165, 1.54) is 24.6 Å². The standard InChI is InChI=1S/C23H27N3O2/c1-18(25-22(27)14-13-19-9-3-2-4-10-19)23(28)24-17-20-11-5-6-12-21(20)26-15-7-8-16-26/h2-6,9-14,18H,7-8,15-17H2,1H3,(H,24,28)(H,25,27)/b14-13+. The average molecular weight is 377 g/mol. The molecule has 2 aromatic carbocycles. The van der Waals surface area contributed by atoms with E-state index in [0.717, 1.165) is 24.2 Å². The van der Waals surface area contributed by atoms with Crippen molar-refractivity contribution in [3.63, 3.8) is 0 Å². The summed E-state index contributed by atoms with van der Waals surface area (Å²) in [5.74, 6) is -0.485. The first-order chi connectivity index (χ1) is 13.6. The molecule has 0 aliphatic carbocycles. The molecule has 0 saturated carbocycles. The number of nitrogens with zero attached hydrogens (tertiary/aromatic N) is 1. The van der Waals surface area contributed by atoms with Crippen LogP contribution in [0.15, 0.2) is 60.7 Å². The maximum atomic E-state index is 12.4. The first-order valence-corrected chi connectivity index (χ1v) is 9.77. The topological polar surface area (TPSA) is 61.4 Å². The summed E-state index contributed by atoms with van der Waals surface area (Å²) in [7, 11) is 0. The quantitative estimate of drug-likeness (QED) is 0.729. The van der Waals surface area contributed by atoms with E-state index in [0.29, 0.717) is 6.54 Å². The van der Waals surface area contributed by atoms with E-state index in [-0.39, 0.29) is 11.8 Å². The third kappa shape index (κ3) is 5.46. The highest BCUT2D eigenvalue weighted by molar-refractivity contribution is 5.95. The summed E-state index contributed by atoms with van der Waals surface area (Å²) in [6.45, 7) is 4.26. The van der Waals surface area contributed by atoms with Gasteiger partial charge < -0.3 is 15.5 Å². The van der Waals surface area contributed by atoms with Crippen LogP contribution in [0.5, 0.6) is 0 Å². The third-order valence-electron chi connectivity index (χ3n) is 4.87. The fourth-order valence-electron chi connectivity index (χ4n) is 3.33. The molecular weight excluding hydrogens is 350 g/mol. The Morgan fingerprint density at radius 1 is 1.04 bits per heavy atom. The van der Waals surface area contributed by atoms with Gasteiger partial charge in [0.25, 0.3) is 0 Å². The van der Waals surface area contributed by atoms with Gasteiger partial charge in [-0.2, -0.15) is 0 Å². The lowest BCUT2D eigenvalue weighted by atomic mass is 10.1. The van der Waals surface area contributed by atoms with Crippen LogP contribution in [0.3, 0.4) is 0 Å². The molecule has 1 saturated heterocycles. The summed E-state index contributed by atoms with van der Waals surface area (Å²) in [6.07, 6.45) is 5.59. The Labute approximate surface area is 166 Å². The molecule has 0 aromatic heterocycles. The van der Waals surface area contributed by atoms with Crippen molar-refractivity contribution in [1.29, 1.82) is 0 Å². The minimum Gasteiger partial charge on any atom is -0.371 e. The SMILES string of the molecule is CC(NC(=O)/C=C/c1ccccc1)C(=O)NCc1ccccc1N1CCCC1. The Kier molecular flexibility index (Phi) is 6.84. The molecule has 146 valence electrons.